The first-order chi connectivity index (χ1) is 13.0. The second-order valence-corrected chi connectivity index (χ2v) is 6.54. The number of nitrogens with zero attached hydrogens (tertiary/aromatic N) is 1. The van der Waals surface area contributed by atoms with E-state index in [1.54, 1.807) is 0 Å². The van der Waals surface area contributed by atoms with Crippen LogP contribution in [0.1, 0.15) is 15.9 Å². The van der Waals surface area contributed by atoms with Crippen LogP contribution in [0.15, 0.2) is 28.7 Å². The van der Waals surface area contributed by atoms with Crippen LogP contribution in [0.25, 0.3) is 0 Å². The molecule has 0 saturated carbocycles. The molecule has 0 radical (unpaired) electrons. The van der Waals surface area contributed by atoms with Crippen LogP contribution in [0, 0.1) is 15.9 Å². The van der Waals surface area contributed by atoms with Gasteiger partial charge in [-0.1, -0.05) is 11.6 Å². The van der Waals surface area contributed by atoms with Gasteiger partial charge in [-0.05, 0) is 34.1 Å². The number of nitro groups is 1. The lowest BCUT2D eigenvalue weighted by atomic mass is 10.00. The Bertz CT molecular complexity index is 953. The van der Waals surface area contributed by atoms with Crippen molar-refractivity contribution in [3.63, 3.8) is 0 Å². The van der Waals surface area contributed by atoms with Crippen molar-refractivity contribution in [2.45, 2.75) is 6.18 Å². The van der Waals surface area contributed by atoms with E-state index in [1.807, 2.05) is 5.32 Å². The van der Waals surface area contributed by atoms with E-state index in [4.69, 9.17) is 16.3 Å². The lowest BCUT2D eigenvalue weighted by Gasteiger charge is -2.16. The van der Waals surface area contributed by atoms with Gasteiger partial charge in [0.05, 0.1) is 27.2 Å². The van der Waals surface area contributed by atoms with Crippen LogP contribution in [0.5, 0.6) is 5.75 Å². The van der Waals surface area contributed by atoms with Crippen molar-refractivity contribution in [2.24, 2.45) is 0 Å². The maximum Gasteiger partial charge on any atom is 0.405 e. The number of methoxy groups -OCH3 is 1. The highest BCUT2D eigenvalue weighted by atomic mass is 79.9. The molecule has 6 nitrogen and oxygen atoms in total. The standard InChI is InChI=1S/C16H10BrClF4N2O4/c1-28-15-10(23-6-16(20,21)22)5-11(24(26)27)12(13(15)17)14(25)8-4-7(19)2-3-9(8)18/h2-5,23H,6H2,1H3. The Morgan fingerprint density at radius 2 is 2.00 bits per heavy atom. The number of halogens is 6. The van der Waals surface area contributed by atoms with Gasteiger partial charge in [0.2, 0.25) is 5.78 Å². The SMILES string of the molecule is COc1c(NCC(F)(F)F)cc([N+](=O)[O-])c(C(=O)c2cc(F)ccc2Cl)c1Br. The lowest BCUT2D eigenvalue weighted by molar-refractivity contribution is -0.385. The molecule has 0 unspecified atom stereocenters. The maximum absolute atomic E-state index is 13.5. The second-order valence-electron chi connectivity index (χ2n) is 5.34. The molecule has 2 rings (SSSR count). The summed E-state index contributed by atoms with van der Waals surface area (Å²) in [6, 6.07) is 3.62. The summed E-state index contributed by atoms with van der Waals surface area (Å²) in [6.45, 7) is -1.49. The predicted molar refractivity (Wildman–Crippen MR) is 96.7 cm³/mol. The molecule has 28 heavy (non-hydrogen) atoms. The van der Waals surface area contributed by atoms with Gasteiger partial charge in [-0.2, -0.15) is 13.2 Å². The Labute approximate surface area is 168 Å². The van der Waals surface area contributed by atoms with E-state index in [9.17, 15) is 32.5 Å². The summed E-state index contributed by atoms with van der Waals surface area (Å²) in [5.74, 6) is -2.09. The summed E-state index contributed by atoms with van der Waals surface area (Å²) >= 11 is 8.85. The third-order valence-electron chi connectivity index (χ3n) is 3.48. The van der Waals surface area contributed by atoms with E-state index in [0.29, 0.717) is 0 Å². The lowest BCUT2D eigenvalue weighted by Crippen LogP contribution is -2.22. The molecule has 0 aliphatic carbocycles. The van der Waals surface area contributed by atoms with Crippen LogP contribution in [0.4, 0.5) is 28.9 Å². The highest BCUT2D eigenvalue weighted by Crippen LogP contribution is 2.43. The van der Waals surface area contributed by atoms with Gasteiger partial charge in [0.1, 0.15) is 17.9 Å². The Morgan fingerprint density at radius 1 is 1.36 bits per heavy atom. The van der Waals surface area contributed by atoms with Crippen LogP contribution in [0.3, 0.4) is 0 Å². The van der Waals surface area contributed by atoms with E-state index < -0.39 is 40.5 Å². The zero-order chi connectivity index (χ0) is 21.2. The van der Waals surface area contributed by atoms with E-state index in [2.05, 4.69) is 15.9 Å². The summed E-state index contributed by atoms with van der Waals surface area (Å²) in [5.41, 5.74) is -2.08. The number of ketones is 1. The molecule has 2 aromatic rings. The number of nitrogens with one attached hydrogen (secondary N) is 1. The Balaban J connectivity index is 2.68. The number of nitro benzene ring substituents is 1. The number of hydrogen-bond donors (Lipinski definition) is 1. The van der Waals surface area contributed by atoms with Crippen LogP contribution in [-0.2, 0) is 0 Å². The average Bonchev–Trinajstić information content (AvgIpc) is 2.60. The van der Waals surface area contributed by atoms with Gasteiger partial charge < -0.3 is 10.1 Å². The molecule has 0 amide bonds. The molecule has 0 atom stereocenters. The molecule has 2 aromatic carbocycles. The number of benzene rings is 2. The number of ether oxygens (including phenoxy) is 1. The van der Waals surface area contributed by atoms with Crippen molar-refractivity contribution in [1.29, 1.82) is 0 Å². The number of anilines is 1. The highest BCUT2D eigenvalue weighted by Gasteiger charge is 2.33. The summed E-state index contributed by atoms with van der Waals surface area (Å²) in [6.07, 6.45) is -4.60. The Morgan fingerprint density at radius 3 is 2.54 bits per heavy atom. The second kappa shape index (κ2) is 8.31. The van der Waals surface area contributed by atoms with Gasteiger partial charge in [-0.25, -0.2) is 4.39 Å². The normalized spacial score (nSPS) is 11.2. The molecule has 0 aliphatic rings. The first kappa shape index (κ1) is 21.9. The fraction of sp³-hybridized carbons (Fsp3) is 0.188. The maximum atomic E-state index is 13.5. The molecular weight excluding hydrogens is 476 g/mol. The highest BCUT2D eigenvalue weighted by molar-refractivity contribution is 9.10. The monoisotopic (exact) mass is 484 g/mol. The van der Waals surface area contributed by atoms with Gasteiger partial charge in [-0.15, -0.1) is 0 Å². The van der Waals surface area contributed by atoms with Gasteiger partial charge in [0.15, 0.2) is 5.75 Å². The Hall–Kier alpha value is -2.40. The molecule has 0 spiro atoms. The molecule has 12 heteroatoms. The quantitative estimate of drug-likeness (QED) is 0.258. The van der Waals surface area contributed by atoms with E-state index in [-0.39, 0.29) is 26.5 Å². The number of carbonyl (C=O) groups is 1. The zero-order valence-corrected chi connectivity index (χ0v) is 16.2. The van der Waals surface area contributed by atoms with Crippen molar-refractivity contribution >= 4 is 44.7 Å². The van der Waals surface area contributed by atoms with E-state index in [1.165, 1.54) is 0 Å². The zero-order valence-electron chi connectivity index (χ0n) is 13.9. The van der Waals surface area contributed by atoms with Gasteiger partial charge >= 0.3 is 6.18 Å². The van der Waals surface area contributed by atoms with Crippen LogP contribution in [0.2, 0.25) is 5.02 Å². The molecule has 0 aromatic heterocycles. The van der Waals surface area contributed by atoms with Crippen LogP contribution < -0.4 is 10.1 Å². The molecule has 0 heterocycles. The van der Waals surface area contributed by atoms with E-state index >= 15 is 0 Å². The first-order valence-corrected chi connectivity index (χ1v) is 8.48. The molecule has 0 fully saturated rings. The molecule has 0 saturated heterocycles. The van der Waals surface area contributed by atoms with Gasteiger partial charge in [0, 0.05) is 11.6 Å². The fourth-order valence-electron chi connectivity index (χ4n) is 2.31. The molecule has 0 aliphatic heterocycles. The smallest absolute Gasteiger partial charge is 0.405 e. The topological polar surface area (TPSA) is 81.5 Å². The Kier molecular flexibility index (Phi) is 6.50. The predicted octanol–water partition coefficient (Wildman–Crippen LogP) is 5.36. The molecule has 150 valence electrons. The third kappa shape index (κ3) is 4.71. The van der Waals surface area contributed by atoms with Crippen molar-refractivity contribution in [3.05, 3.63) is 60.8 Å². The minimum absolute atomic E-state index is 0.161. The van der Waals surface area contributed by atoms with Crippen molar-refractivity contribution in [2.75, 3.05) is 19.0 Å². The van der Waals surface area contributed by atoms with E-state index in [0.717, 1.165) is 31.4 Å². The van der Waals surface area contributed by atoms with Crippen molar-refractivity contribution in [3.8, 4) is 5.75 Å². The van der Waals surface area contributed by atoms with Crippen molar-refractivity contribution < 1.29 is 32.0 Å². The fourth-order valence-corrected chi connectivity index (χ4v) is 3.27. The molecular formula is C16H10BrClF4N2O4. The number of rotatable bonds is 6. The van der Waals surface area contributed by atoms with Crippen LogP contribution in [-0.4, -0.2) is 30.5 Å². The van der Waals surface area contributed by atoms with Crippen LogP contribution >= 0.6 is 27.5 Å². The molecule has 1 N–H and O–H groups in total. The van der Waals surface area contributed by atoms with Gasteiger partial charge in [0.25, 0.3) is 5.69 Å². The number of alkyl halides is 3. The minimum atomic E-state index is -4.60. The largest absolute Gasteiger partial charge is 0.493 e. The minimum Gasteiger partial charge on any atom is -0.493 e. The number of carbonyl (C=O) groups excluding carboxylic acids is 1. The summed E-state index contributed by atoms with van der Waals surface area (Å²) in [4.78, 5) is 23.3. The van der Waals surface area contributed by atoms with Gasteiger partial charge in [-0.3, -0.25) is 14.9 Å². The van der Waals surface area contributed by atoms with Crippen molar-refractivity contribution in [1.82, 2.24) is 0 Å². The summed E-state index contributed by atoms with van der Waals surface area (Å²) in [7, 11) is 1.11. The average molecular weight is 486 g/mol. The summed E-state index contributed by atoms with van der Waals surface area (Å²) in [5, 5.41) is 13.3. The summed E-state index contributed by atoms with van der Waals surface area (Å²) < 4.78 is 55.7. The number of hydrogen-bond acceptors (Lipinski definition) is 5. The molecule has 0 bridgehead atoms. The first-order valence-electron chi connectivity index (χ1n) is 7.31. The third-order valence-corrected chi connectivity index (χ3v) is 4.57.